The van der Waals surface area contributed by atoms with E-state index in [9.17, 15) is 9.59 Å². The van der Waals surface area contributed by atoms with Crippen LogP contribution in [0.1, 0.15) is 27.9 Å². The molecule has 0 fully saturated rings. The van der Waals surface area contributed by atoms with Crippen LogP contribution in [0.5, 0.6) is 0 Å². The number of nitrogens with zero attached hydrogens (tertiary/aromatic N) is 1. The van der Waals surface area contributed by atoms with Crippen molar-refractivity contribution in [2.24, 2.45) is 0 Å². The molecular formula is C22H21N3O3. The van der Waals surface area contributed by atoms with Crippen molar-refractivity contribution >= 4 is 28.8 Å². The van der Waals surface area contributed by atoms with Gasteiger partial charge in [-0.05, 0) is 47.4 Å². The molecule has 1 aliphatic rings. The van der Waals surface area contributed by atoms with Crippen LogP contribution < -0.4 is 5.48 Å². The second kappa shape index (κ2) is 7.32. The molecule has 28 heavy (non-hydrogen) atoms. The zero-order valence-corrected chi connectivity index (χ0v) is 15.5. The predicted octanol–water partition coefficient (Wildman–Crippen LogP) is 3.08. The predicted molar refractivity (Wildman–Crippen MR) is 106 cm³/mol. The van der Waals surface area contributed by atoms with E-state index in [0.717, 1.165) is 38.9 Å². The third-order valence-electron chi connectivity index (χ3n) is 5.20. The largest absolute Gasteiger partial charge is 0.358 e. The fraction of sp³-hybridized carbons (Fsp3) is 0.182. The van der Waals surface area contributed by atoms with Crippen LogP contribution in [0.2, 0.25) is 0 Å². The third kappa shape index (κ3) is 3.42. The second-order valence-corrected chi connectivity index (χ2v) is 7.04. The van der Waals surface area contributed by atoms with Crippen LogP contribution >= 0.6 is 0 Å². The average molecular weight is 375 g/mol. The fourth-order valence-electron chi connectivity index (χ4n) is 3.73. The SMILES string of the molecule is Cc1[nH]c2ccccc2c1CC(=O)N1Cc2ccc(/C=C/C(=O)NO)cc2C1. The minimum atomic E-state index is -0.577. The number of nitrogens with one attached hydrogen (secondary N) is 2. The number of fused-ring (bicyclic) bond motifs is 2. The molecule has 2 aromatic carbocycles. The normalized spacial score (nSPS) is 13.3. The molecule has 0 saturated carbocycles. The van der Waals surface area contributed by atoms with Crippen LogP contribution in [0.3, 0.4) is 0 Å². The second-order valence-electron chi connectivity index (χ2n) is 7.04. The molecule has 0 saturated heterocycles. The maximum Gasteiger partial charge on any atom is 0.267 e. The Morgan fingerprint density at radius 1 is 1.18 bits per heavy atom. The van der Waals surface area contributed by atoms with Gasteiger partial charge in [0.2, 0.25) is 5.91 Å². The minimum absolute atomic E-state index is 0.0980. The van der Waals surface area contributed by atoms with Gasteiger partial charge in [-0.1, -0.05) is 30.3 Å². The highest BCUT2D eigenvalue weighted by Crippen LogP contribution is 2.27. The molecule has 142 valence electrons. The van der Waals surface area contributed by atoms with Gasteiger partial charge in [-0.15, -0.1) is 0 Å². The molecule has 1 aromatic heterocycles. The maximum atomic E-state index is 12.9. The number of rotatable bonds is 4. The van der Waals surface area contributed by atoms with Crippen molar-refractivity contribution in [3.8, 4) is 0 Å². The van der Waals surface area contributed by atoms with Crippen molar-refractivity contribution in [1.82, 2.24) is 15.4 Å². The summed E-state index contributed by atoms with van der Waals surface area (Å²) in [7, 11) is 0. The summed E-state index contributed by atoms with van der Waals surface area (Å²) in [5.41, 5.74) is 7.75. The topological polar surface area (TPSA) is 85.4 Å². The molecule has 0 atom stereocenters. The number of hydrogen-bond acceptors (Lipinski definition) is 3. The monoisotopic (exact) mass is 375 g/mol. The molecule has 4 rings (SSSR count). The van der Waals surface area contributed by atoms with Gasteiger partial charge in [0.15, 0.2) is 0 Å². The number of aryl methyl sites for hydroxylation is 1. The van der Waals surface area contributed by atoms with E-state index >= 15 is 0 Å². The molecule has 3 aromatic rings. The number of H-pyrrole nitrogens is 1. The lowest BCUT2D eigenvalue weighted by Crippen LogP contribution is -2.27. The Bertz CT molecular complexity index is 1100. The Hall–Kier alpha value is -3.38. The number of aromatic amines is 1. The van der Waals surface area contributed by atoms with Gasteiger partial charge >= 0.3 is 0 Å². The lowest BCUT2D eigenvalue weighted by Gasteiger charge is -2.15. The van der Waals surface area contributed by atoms with Crippen LogP contribution in [-0.4, -0.2) is 26.9 Å². The highest BCUT2D eigenvalue weighted by atomic mass is 16.5. The first-order chi connectivity index (χ1) is 13.5. The van der Waals surface area contributed by atoms with Gasteiger partial charge < -0.3 is 9.88 Å². The number of aromatic nitrogens is 1. The van der Waals surface area contributed by atoms with Crippen LogP contribution in [0.25, 0.3) is 17.0 Å². The fourth-order valence-corrected chi connectivity index (χ4v) is 3.73. The lowest BCUT2D eigenvalue weighted by molar-refractivity contribution is -0.131. The first-order valence-corrected chi connectivity index (χ1v) is 9.13. The molecule has 0 unspecified atom stereocenters. The van der Waals surface area contributed by atoms with Crippen molar-refractivity contribution in [3.05, 3.63) is 76.5 Å². The zero-order chi connectivity index (χ0) is 19.7. The Labute approximate surface area is 162 Å². The summed E-state index contributed by atoms with van der Waals surface area (Å²) in [5, 5.41) is 9.65. The van der Waals surface area contributed by atoms with Crippen LogP contribution in [0, 0.1) is 6.92 Å². The summed E-state index contributed by atoms with van der Waals surface area (Å²) in [6, 6.07) is 13.9. The van der Waals surface area contributed by atoms with E-state index in [-0.39, 0.29) is 5.91 Å². The van der Waals surface area contributed by atoms with Gasteiger partial charge in [-0.25, -0.2) is 5.48 Å². The van der Waals surface area contributed by atoms with E-state index in [0.29, 0.717) is 19.5 Å². The van der Waals surface area contributed by atoms with Crippen LogP contribution in [0.4, 0.5) is 0 Å². The lowest BCUT2D eigenvalue weighted by atomic mass is 10.1. The summed E-state index contributed by atoms with van der Waals surface area (Å²) in [5.74, 6) is -0.479. The molecule has 0 bridgehead atoms. The Morgan fingerprint density at radius 3 is 2.79 bits per heavy atom. The first-order valence-electron chi connectivity index (χ1n) is 9.13. The van der Waals surface area contributed by atoms with Crippen LogP contribution in [-0.2, 0) is 29.1 Å². The van der Waals surface area contributed by atoms with E-state index in [1.165, 1.54) is 6.08 Å². The highest BCUT2D eigenvalue weighted by molar-refractivity contribution is 5.91. The number of para-hydroxylation sites is 1. The number of amides is 2. The average Bonchev–Trinajstić information content (AvgIpc) is 3.26. The summed E-state index contributed by atoms with van der Waals surface area (Å²) in [4.78, 5) is 29.3. The van der Waals surface area contributed by atoms with Gasteiger partial charge in [-0.2, -0.15) is 0 Å². The number of hydroxylamine groups is 1. The van der Waals surface area contributed by atoms with Gasteiger partial charge in [0.05, 0.1) is 6.42 Å². The number of carbonyl (C=O) groups is 2. The summed E-state index contributed by atoms with van der Waals surface area (Å²) >= 11 is 0. The van der Waals surface area contributed by atoms with E-state index < -0.39 is 5.91 Å². The quantitative estimate of drug-likeness (QED) is 0.372. The van der Waals surface area contributed by atoms with Crippen molar-refractivity contribution in [2.45, 2.75) is 26.4 Å². The molecule has 2 heterocycles. The van der Waals surface area contributed by atoms with E-state index in [1.54, 1.807) is 11.6 Å². The number of carbonyl (C=O) groups excluding carboxylic acids is 2. The first kappa shape index (κ1) is 18.0. The summed E-state index contributed by atoms with van der Waals surface area (Å²) < 4.78 is 0. The molecule has 0 radical (unpaired) electrons. The Balaban J connectivity index is 1.49. The van der Waals surface area contributed by atoms with Gasteiger partial charge in [0, 0.05) is 35.8 Å². The van der Waals surface area contributed by atoms with Crippen molar-refractivity contribution in [3.63, 3.8) is 0 Å². The molecule has 3 N–H and O–H groups in total. The van der Waals surface area contributed by atoms with Gasteiger partial charge in [0.25, 0.3) is 5.91 Å². The van der Waals surface area contributed by atoms with E-state index in [2.05, 4.69) is 4.98 Å². The highest BCUT2D eigenvalue weighted by Gasteiger charge is 2.24. The van der Waals surface area contributed by atoms with Crippen molar-refractivity contribution in [2.75, 3.05) is 0 Å². The van der Waals surface area contributed by atoms with E-state index in [4.69, 9.17) is 5.21 Å². The molecule has 0 spiro atoms. The molecule has 1 aliphatic heterocycles. The van der Waals surface area contributed by atoms with Crippen LogP contribution in [0.15, 0.2) is 48.5 Å². The molecule has 2 amide bonds. The molecule has 6 nitrogen and oxygen atoms in total. The van der Waals surface area contributed by atoms with Gasteiger partial charge in [0.1, 0.15) is 0 Å². The number of benzene rings is 2. The molecule has 0 aliphatic carbocycles. The van der Waals surface area contributed by atoms with Crippen molar-refractivity contribution in [1.29, 1.82) is 0 Å². The summed E-state index contributed by atoms with van der Waals surface area (Å²) in [6.45, 7) is 3.16. The summed E-state index contributed by atoms with van der Waals surface area (Å²) in [6.07, 6.45) is 3.26. The minimum Gasteiger partial charge on any atom is -0.358 e. The smallest absolute Gasteiger partial charge is 0.267 e. The molecule has 6 heteroatoms. The maximum absolute atomic E-state index is 12.9. The number of hydrogen-bond donors (Lipinski definition) is 3. The third-order valence-corrected chi connectivity index (χ3v) is 5.20. The van der Waals surface area contributed by atoms with Crippen molar-refractivity contribution < 1.29 is 14.8 Å². The zero-order valence-electron chi connectivity index (χ0n) is 15.5. The standard InChI is InChI=1S/C22H21N3O3/c1-14-19(18-4-2-3-5-20(18)23-14)11-22(27)25-12-16-8-6-15(10-17(16)13-25)7-9-21(26)24-28/h2-10,23,28H,11-13H2,1H3,(H,24,26)/b9-7+. The van der Waals surface area contributed by atoms with Gasteiger partial charge in [-0.3, -0.25) is 14.8 Å². The molecular weight excluding hydrogens is 354 g/mol. The van der Waals surface area contributed by atoms with E-state index in [1.807, 2.05) is 54.3 Å². The Kier molecular flexibility index (Phi) is 4.71. The Morgan fingerprint density at radius 2 is 1.96 bits per heavy atom.